The summed E-state index contributed by atoms with van der Waals surface area (Å²) in [5.41, 5.74) is 0. The van der Waals surface area contributed by atoms with Crippen molar-refractivity contribution in [2.24, 2.45) is 0 Å². The summed E-state index contributed by atoms with van der Waals surface area (Å²) in [6.07, 6.45) is 10.8. The minimum atomic E-state index is 0.263. The van der Waals surface area contributed by atoms with Crippen LogP contribution in [0.15, 0.2) is 0 Å². The molecule has 0 aromatic rings. The van der Waals surface area contributed by atoms with E-state index in [1.807, 2.05) is 0 Å². The van der Waals surface area contributed by atoms with Gasteiger partial charge in [0.15, 0.2) is 0 Å². The maximum atomic E-state index is 2.76. The van der Waals surface area contributed by atoms with Crippen molar-refractivity contribution >= 4 is 10.9 Å². The number of nitrogens with zero attached hydrogens (tertiary/aromatic N) is 1. The molecule has 2 aliphatic heterocycles. The molecule has 0 aliphatic carbocycles. The van der Waals surface area contributed by atoms with Crippen LogP contribution in [-0.4, -0.2) is 35.4 Å². The molecule has 11 heavy (non-hydrogen) atoms. The lowest BCUT2D eigenvalue weighted by molar-refractivity contribution is 0.292. The van der Waals surface area contributed by atoms with E-state index in [1.54, 1.807) is 0 Å². The molecule has 2 aliphatic rings. The topological polar surface area (TPSA) is 3.24 Å². The highest BCUT2D eigenvalue weighted by Crippen LogP contribution is 2.51. The molecule has 0 N–H and O–H groups in total. The molecule has 2 heteroatoms. The van der Waals surface area contributed by atoms with Crippen LogP contribution < -0.4 is 0 Å². The van der Waals surface area contributed by atoms with E-state index in [9.17, 15) is 0 Å². The Hall–Kier alpha value is 0.310. The first kappa shape index (κ1) is 7.93. The van der Waals surface area contributed by atoms with Gasteiger partial charge in [-0.05, 0) is 51.3 Å². The summed E-state index contributed by atoms with van der Waals surface area (Å²) in [6.45, 7) is 2.78. The molecule has 2 saturated heterocycles. The van der Waals surface area contributed by atoms with Crippen molar-refractivity contribution in [1.29, 1.82) is 0 Å². The Bertz CT molecular complexity index is 146. The Balaban J connectivity index is 2.20. The Morgan fingerprint density at radius 1 is 1.09 bits per heavy atom. The summed E-state index contributed by atoms with van der Waals surface area (Å²) in [5, 5.41) is 0. The molecule has 66 valence electrons. The van der Waals surface area contributed by atoms with Gasteiger partial charge in [0.1, 0.15) is 0 Å². The summed E-state index contributed by atoms with van der Waals surface area (Å²) in [4.78, 5) is 3.47. The molecule has 0 aromatic carbocycles. The van der Waals surface area contributed by atoms with E-state index in [1.165, 1.54) is 38.8 Å². The monoisotopic (exact) mass is 173 g/mol. The first-order valence-electron chi connectivity index (χ1n) is 4.68. The maximum absolute atomic E-state index is 2.76. The van der Waals surface area contributed by atoms with Crippen LogP contribution in [0, 0.1) is 0 Å². The first-order chi connectivity index (χ1) is 5.26. The highest BCUT2D eigenvalue weighted by Gasteiger charge is 2.44. The number of hydrogen-bond donors (Lipinski definition) is 1. The molecule has 2 fully saturated rings. The van der Waals surface area contributed by atoms with Crippen molar-refractivity contribution in [2.75, 3.05) is 25.6 Å². The summed E-state index contributed by atoms with van der Waals surface area (Å²) in [5.74, 6) is 0. The van der Waals surface area contributed by atoms with Crippen LogP contribution in [0.2, 0.25) is 0 Å². The van der Waals surface area contributed by atoms with Crippen molar-refractivity contribution in [1.82, 2.24) is 4.90 Å². The van der Waals surface area contributed by atoms with Crippen LogP contribution in [0.3, 0.4) is 0 Å². The number of thiol groups is 1. The highest BCUT2D eigenvalue weighted by atomic mass is 32.2. The summed E-state index contributed by atoms with van der Waals surface area (Å²) < 4.78 is 0. The van der Waals surface area contributed by atoms with E-state index in [-0.39, 0.29) is 10.9 Å². The zero-order chi connectivity index (χ0) is 7.90. The van der Waals surface area contributed by atoms with Crippen molar-refractivity contribution in [3.63, 3.8) is 0 Å². The Morgan fingerprint density at radius 2 is 1.64 bits per heavy atom. The van der Waals surface area contributed by atoms with Crippen LogP contribution in [0.4, 0.5) is 0 Å². The van der Waals surface area contributed by atoms with E-state index in [2.05, 4.69) is 17.4 Å². The fourth-order valence-corrected chi connectivity index (χ4v) is 4.78. The fraction of sp³-hybridized carbons (Fsp3) is 1.00. The van der Waals surface area contributed by atoms with Gasteiger partial charge in [-0.25, -0.2) is 10.9 Å². The lowest BCUT2D eigenvalue weighted by Crippen LogP contribution is -2.37. The third-order valence-corrected chi connectivity index (χ3v) is 5.83. The average Bonchev–Trinajstić information content (AvgIpc) is 2.40. The van der Waals surface area contributed by atoms with Crippen LogP contribution in [0.25, 0.3) is 0 Å². The van der Waals surface area contributed by atoms with Crippen LogP contribution in [-0.2, 0) is 0 Å². The third kappa shape index (κ3) is 1.03. The molecule has 2 rings (SSSR count). The second kappa shape index (κ2) is 2.67. The van der Waals surface area contributed by atoms with Crippen LogP contribution in [0.5, 0.6) is 0 Å². The van der Waals surface area contributed by atoms with Crippen molar-refractivity contribution < 1.29 is 0 Å². The molecular weight excluding hydrogens is 154 g/mol. The van der Waals surface area contributed by atoms with Crippen molar-refractivity contribution in [3.05, 3.63) is 0 Å². The Kier molecular flexibility index (Phi) is 1.92. The van der Waals surface area contributed by atoms with Crippen molar-refractivity contribution in [3.8, 4) is 0 Å². The third-order valence-electron chi connectivity index (χ3n) is 3.43. The largest absolute Gasteiger partial charge is 0.290 e. The molecule has 0 aromatic heterocycles. The Labute approximate surface area is 72.5 Å². The molecular formula is C9H19NS. The fourth-order valence-electron chi connectivity index (χ4n) is 2.81. The quantitative estimate of drug-likeness (QED) is 0.592. The molecule has 0 amide bonds. The van der Waals surface area contributed by atoms with E-state index < -0.39 is 0 Å². The smallest absolute Gasteiger partial charge is 0.0489 e. The van der Waals surface area contributed by atoms with Gasteiger partial charge < -0.3 is 0 Å². The second-order valence-corrected chi connectivity index (χ2v) is 6.69. The summed E-state index contributed by atoms with van der Waals surface area (Å²) in [7, 11) is 0.263. The van der Waals surface area contributed by atoms with Gasteiger partial charge >= 0.3 is 0 Å². The normalized spacial score (nSPS) is 30.5. The lowest BCUT2D eigenvalue weighted by atomic mass is 10.1. The molecule has 0 spiro atoms. The van der Waals surface area contributed by atoms with Gasteiger partial charge in [-0.1, -0.05) is 0 Å². The molecule has 2 heterocycles. The van der Waals surface area contributed by atoms with Crippen molar-refractivity contribution in [2.45, 2.75) is 30.6 Å². The predicted octanol–water partition coefficient (Wildman–Crippen LogP) is 1.83. The first-order valence-corrected chi connectivity index (χ1v) is 6.92. The molecule has 0 radical (unpaired) electrons. The van der Waals surface area contributed by atoms with E-state index in [0.29, 0.717) is 4.87 Å². The van der Waals surface area contributed by atoms with Gasteiger partial charge in [0.2, 0.25) is 0 Å². The zero-order valence-electron chi connectivity index (χ0n) is 7.64. The number of rotatable bonds is 1. The van der Waals surface area contributed by atoms with Gasteiger partial charge in [-0.3, -0.25) is 4.90 Å². The van der Waals surface area contributed by atoms with Gasteiger partial charge in [-0.2, -0.15) is 0 Å². The molecule has 1 nitrogen and oxygen atoms in total. The van der Waals surface area contributed by atoms with Gasteiger partial charge in [0, 0.05) is 4.87 Å². The van der Waals surface area contributed by atoms with Gasteiger partial charge in [0.05, 0.1) is 0 Å². The standard InChI is InChI=1S/C9H19NS/c1-11(2)9-5-3-7-10(9)8-4-6-9/h11H,3-8H2,1-2H3. The minimum Gasteiger partial charge on any atom is -0.290 e. The number of fused-ring (bicyclic) bond motifs is 1. The molecule has 0 saturated carbocycles. The molecule has 0 bridgehead atoms. The molecule has 0 unspecified atom stereocenters. The highest BCUT2D eigenvalue weighted by molar-refractivity contribution is 8.17. The maximum Gasteiger partial charge on any atom is 0.0489 e. The van der Waals surface area contributed by atoms with E-state index >= 15 is 0 Å². The lowest BCUT2D eigenvalue weighted by Gasteiger charge is -2.38. The predicted molar refractivity (Wildman–Crippen MR) is 53.6 cm³/mol. The zero-order valence-corrected chi connectivity index (χ0v) is 8.53. The Morgan fingerprint density at radius 3 is 2.00 bits per heavy atom. The van der Waals surface area contributed by atoms with E-state index in [0.717, 1.165) is 0 Å². The van der Waals surface area contributed by atoms with E-state index in [4.69, 9.17) is 0 Å². The SMILES string of the molecule is C[SH](C)C12CCCN1CCC2. The average molecular weight is 173 g/mol. The summed E-state index contributed by atoms with van der Waals surface area (Å²) in [6, 6.07) is 0. The second-order valence-electron chi connectivity index (χ2n) is 4.07. The molecule has 0 atom stereocenters. The van der Waals surface area contributed by atoms with Gasteiger partial charge in [0.25, 0.3) is 0 Å². The van der Waals surface area contributed by atoms with Crippen LogP contribution in [0.1, 0.15) is 25.7 Å². The van der Waals surface area contributed by atoms with Crippen LogP contribution >= 0.6 is 10.9 Å². The summed E-state index contributed by atoms with van der Waals surface area (Å²) >= 11 is 0. The minimum absolute atomic E-state index is 0.263. The van der Waals surface area contributed by atoms with Gasteiger partial charge in [-0.15, -0.1) is 0 Å². The number of hydrogen-bond acceptors (Lipinski definition) is 1.